The van der Waals surface area contributed by atoms with Gasteiger partial charge in [-0.05, 0) is 18.2 Å². The van der Waals surface area contributed by atoms with Gasteiger partial charge in [0.15, 0.2) is 0 Å². The zero-order chi connectivity index (χ0) is 9.68. The maximum atomic E-state index is 12.7. The molecule has 1 aromatic rings. The number of nitrogens with one attached hydrogen (secondary N) is 1. The van der Waals surface area contributed by atoms with E-state index in [9.17, 15) is 4.39 Å². The molecular weight excluding hydrogens is 212 g/mol. The molecule has 1 aromatic carbocycles. The molecule has 0 heterocycles. The van der Waals surface area contributed by atoms with Gasteiger partial charge in [-0.3, -0.25) is 0 Å². The molecule has 1 N–H and O–H groups in total. The highest BCUT2D eigenvalue weighted by molar-refractivity contribution is 6.33. The predicted octanol–water partition coefficient (Wildman–Crippen LogP) is 3.64. The van der Waals surface area contributed by atoms with Gasteiger partial charge in [-0.2, -0.15) is 0 Å². The molecule has 0 unspecified atom stereocenters. The molecular formula is C9H8Cl2FN. The first kappa shape index (κ1) is 10.4. The highest BCUT2D eigenvalue weighted by atomic mass is 35.5. The van der Waals surface area contributed by atoms with Gasteiger partial charge in [0, 0.05) is 12.1 Å². The smallest absolute Gasteiger partial charge is 0.125 e. The minimum atomic E-state index is -0.318. The van der Waals surface area contributed by atoms with Crippen molar-refractivity contribution < 1.29 is 4.39 Å². The number of halogens is 3. The van der Waals surface area contributed by atoms with Crippen molar-refractivity contribution in [1.82, 2.24) is 0 Å². The second-order valence-corrected chi connectivity index (χ2v) is 3.03. The summed E-state index contributed by atoms with van der Waals surface area (Å²) in [6, 6.07) is 4.15. The fourth-order valence-electron chi connectivity index (χ4n) is 0.846. The van der Waals surface area contributed by atoms with Gasteiger partial charge in [0.05, 0.1) is 10.7 Å². The molecule has 0 aromatic heterocycles. The Morgan fingerprint density at radius 3 is 2.92 bits per heavy atom. The Bertz CT molecular complexity index is 312. The summed E-state index contributed by atoms with van der Waals surface area (Å²) in [5, 5.41) is 3.40. The summed E-state index contributed by atoms with van der Waals surface area (Å²) in [7, 11) is 0. The third-order valence-corrected chi connectivity index (χ3v) is 1.94. The van der Waals surface area contributed by atoms with Crippen molar-refractivity contribution in [3.8, 4) is 0 Å². The van der Waals surface area contributed by atoms with Gasteiger partial charge in [0.2, 0.25) is 0 Å². The van der Waals surface area contributed by atoms with Crippen molar-refractivity contribution in [2.24, 2.45) is 0 Å². The van der Waals surface area contributed by atoms with Gasteiger partial charge in [0.1, 0.15) is 5.82 Å². The summed E-state index contributed by atoms with van der Waals surface area (Å²) in [6.45, 7) is 0.521. The van der Waals surface area contributed by atoms with Crippen LogP contribution in [-0.2, 0) is 0 Å². The van der Waals surface area contributed by atoms with Crippen LogP contribution < -0.4 is 5.32 Å². The van der Waals surface area contributed by atoms with Crippen LogP contribution in [0.3, 0.4) is 0 Å². The van der Waals surface area contributed by atoms with E-state index in [2.05, 4.69) is 5.32 Å². The first-order valence-corrected chi connectivity index (χ1v) is 4.49. The van der Waals surface area contributed by atoms with E-state index in [0.717, 1.165) is 0 Å². The highest BCUT2D eigenvalue weighted by Gasteiger charge is 1.99. The Morgan fingerprint density at radius 1 is 1.46 bits per heavy atom. The normalized spacial score (nSPS) is 10.7. The minimum Gasteiger partial charge on any atom is -0.380 e. The summed E-state index contributed by atoms with van der Waals surface area (Å²) >= 11 is 11.1. The molecule has 0 atom stereocenters. The van der Waals surface area contributed by atoms with Crippen molar-refractivity contribution >= 4 is 28.9 Å². The SMILES string of the molecule is Fc1ccc(Cl)c(NC/C=C/Cl)c1. The average Bonchev–Trinajstić information content (AvgIpc) is 2.11. The zero-order valence-corrected chi connectivity index (χ0v) is 8.24. The van der Waals surface area contributed by atoms with Crippen LogP contribution in [0.15, 0.2) is 29.8 Å². The second-order valence-electron chi connectivity index (χ2n) is 2.37. The quantitative estimate of drug-likeness (QED) is 0.819. The van der Waals surface area contributed by atoms with Crippen LogP contribution in [0.5, 0.6) is 0 Å². The van der Waals surface area contributed by atoms with Crippen molar-refractivity contribution in [1.29, 1.82) is 0 Å². The van der Waals surface area contributed by atoms with E-state index in [1.54, 1.807) is 6.08 Å². The second kappa shape index (κ2) is 5.10. The summed E-state index contributed by atoms with van der Waals surface area (Å²) < 4.78 is 12.7. The van der Waals surface area contributed by atoms with Crippen LogP contribution in [0.2, 0.25) is 5.02 Å². The molecule has 0 amide bonds. The lowest BCUT2D eigenvalue weighted by Crippen LogP contribution is -1.98. The number of anilines is 1. The maximum absolute atomic E-state index is 12.7. The molecule has 1 rings (SSSR count). The molecule has 0 aliphatic heterocycles. The van der Waals surface area contributed by atoms with Crippen molar-refractivity contribution in [2.75, 3.05) is 11.9 Å². The number of rotatable bonds is 3. The average molecular weight is 220 g/mol. The third-order valence-electron chi connectivity index (χ3n) is 1.43. The Morgan fingerprint density at radius 2 is 2.23 bits per heavy atom. The lowest BCUT2D eigenvalue weighted by molar-refractivity contribution is 0.628. The molecule has 13 heavy (non-hydrogen) atoms. The lowest BCUT2D eigenvalue weighted by atomic mass is 10.3. The van der Waals surface area contributed by atoms with Gasteiger partial charge in [-0.25, -0.2) is 4.39 Å². The Kier molecular flexibility index (Phi) is 4.06. The molecule has 0 radical (unpaired) electrons. The van der Waals surface area contributed by atoms with Gasteiger partial charge < -0.3 is 5.32 Å². The highest BCUT2D eigenvalue weighted by Crippen LogP contribution is 2.21. The largest absolute Gasteiger partial charge is 0.380 e. The van der Waals surface area contributed by atoms with Gasteiger partial charge >= 0.3 is 0 Å². The third kappa shape index (κ3) is 3.25. The Hall–Kier alpha value is -0.730. The van der Waals surface area contributed by atoms with Crippen LogP contribution in [0, 0.1) is 5.82 Å². The molecule has 0 spiro atoms. The van der Waals surface area contributed by atoms with E-state index in [1.807, 2.05) is 0 Å². The van der Waals surface area contributed by atoms with Crippen LogP contribution in [0.1, 0.15) is 0 Å². The fraction of sp³-hybridized carbons (Fsp3) is 0.111. The van der Waals surface area contributed by atoms with E-state index >= 15 is 0 Å². The topological polar surface area (TPSA) is 12.0 Å². The first-order chi connectivity index (χ1) is 6.24. The molecule has 0 saturated heterocycles. The number of hydrogen-bond acceptors (Lipinski definition) is 1. The summed E-state index contributed by atoms with van der Waals surface area (Å²) in [5.74, 6) is -0.318. The van der Waals surface area contributed by atoms with E-state index in [4.69, 9.17) is 23.2 Å². The minimum absolute atomic E-state index is 0.318. The van der Waals surface area contributed by atoms with Gasteiger partial charge in [-0.1, -0.05) is 29.3 Å². The fourth-order valence-corrected chi connectivity index (χ4v) is 1.12. The lowest BCUT2D eigenvalue weighted by Gasteiger charge is -2.05. The molecule has 0 bridgehead atoms. The predicted molar refractivity (Wildman–Crippen MR) is 54.9 cm³/mol. The molecule has 70 valence electrons. The first-order valence-electron chi connectivity index (χ1n) is 3.68. The van der Waals surface area contributed by atoms with Crippen LogP contribution in [0.25, 0.3) is 0 Å². The Labute approximate surface area is 86.2 Å². The molecule has 1 nitrogen and oxygen atoms in total. The maximum Gasteiger partial charge on any atom is 0.125 e. The van der Waals surface area contributed by atoms with E-state index in [1.165, 1.54) is 23.7 Å². The van der Waals surface area contributed by atoms with Crippen LogP contribution in [0.4, 0.5) is 10.1 Å². The Balaban J connectivity index is 2.69. The monoisotopic (exact) mass is 219 g/mol. The zero-order valence-electron chi connectivity index (χ0n) is 6.73. The summed E-state index contributed by atoms with van der Waals surface area (Å²) in [4.78, 5) is 0. The molecule has 0 aliphatic rings. The van der Waals surface area contributed by atoms with Gasteiger partial charge in [0.25, 0.3) is 0 Å². The standard InChI is InChI=1S/C9H8Cl2FN/c10-4-1-5-13-9-6-7(12)2-3-8(9)11/h1-4,6,13H,5H2/b4-1+. The van der Waals surface area contributed by atoms with E-state index < -0.39 is 0 Å². The van der Waals surface area contributed by atoms with Crippen LogP contribution >= 0.6 is 23.2 Å². The molecule has 0 saturated carbocycles. The van der Waals surface area contributed by atoms with Crippen LogP contribution in [-0.4, -0.2) is 6.54 Å². The number of benzene rings is 1. The molecule has 4 heteroatoms. The van der Waals surface area contributed by atoms with Crippen molar-refractivity contribution in [2.45, 2.75) is 0 Å². The summed E-state index contributed by atoms with van der Waals surface area (Å²) in [6.07, 6.45) is 1.70. The van der Waals surface area contributed by atoms with E-state index in [0.29, 0.717) is 17.3 Å². The number of hydrogen-bond donors (Lipinski definition) is 1. The van der Waals surface area contributed by atoms with Crippen molar-refractivity contribution in [3.63, 3.8) is 0 Å². The van der Waals surface area contributed by atoms with Gasteiger partial charge in [-0.15, -0.1) is 0 Å². The molecule has 0 fully saturated rings. The van der Waals surface area contributed by atoms with Crippen molar-refractivity contribution in [3.05, 3.63) is 40.7 Å². The summed E-state index contributed by atoms with van der Waals surface area (Å²) in [5.41, 5.74) is 1.96. The molecule has 0 aliphatic carbocycles. The van der Waals surface area contributed by atoms with E-state index in [-0.39, 0.29) is 5.82 Å².